The average molecular weight is 338 g/mol. The van der Waals surface area contributed by atoms with Gasteiger partial charge in [-0.2, -0.15) is 5.10 Å². The SMILES string of the molecule is CC(C)n1ncc(NCc2ccccc2O)c(Br)c1=O. The molecule has 1 aromatic carbocycles. The van der Waals surface area contributed by atoms with Crippen molar-refractivity contribution < 1.29 is 5.11 Å². The number of phenols is 1. The molecule has 0 unspecified atom stereocenters. The highest BCUT2D eigenvalue weighted by molar-refractivity contribution is 9.10. The van der Waals surface area contributed by atoms with E-state index >= 15 is 0 Å². The summed E-state index contributed by atoms with van der Waals surface area (Å²) in [6.45, 7) is 4.21. The largest absolute Gasteiger partial charge is 0.508 e. The number of aromatic hydroxyl groups is 1. The van der Waals surface area contributed by atoms with Crippen molar-refractivity contribution in [3.8, 4) is 5.75 Å². The first-order valence-corrected chi connectivity index (χ1v) is 7.08. The number of halogens is 1. The van der Waals surface area contributed by atoms with Crippen molar-refractivity contribution in [3.63, 3.8) is 0 Å². The zero-order valence-corrected chi connectivity index (χ0v) is 12.9. The number of benzene rings is 1. The van der Waals surface area contributed by atoms with Gasteiger partial charge in [-0.25, -0.2) is 4.68 Å². The number of anilines is 1. The van der Waals surface area contributed by atoms with Crippen LogP contribution in [0.3, 0.4) is 0 Å². The summed E-state index contributed by atoms with van der Waals surface area (Å²) >= 11 is 3.29. The molecular weight excluding hydrogens is 322 g/mol. The van der Waals surface area contributed by atoms with Crippen LogP contribution in [0.2, 0.25) is 0 Å². The Balaban J connectivity index is 2.21. The second-order valence-electron chi connectivity index (χ2n) is 4.70. The highest BCUT2D eigenvalue weighted by Crippen LogP contribution is 2.21. The van der Waals surface area contributed by atoms with E-state index in [-0.39, 0.29) is 17.4 Å². The van der Waals surface area contributed by atoms with E-state index in [1.54, 1.807) is 18.3 Å². The van der Waals surface area contributed by atoms with Crippen LogP contribution in [0, 0.1) is 0 Å². The van der Waals surface area contributed by atoms with Gasteiger partial charge >= 0.3 is 0 Å². The Hall–Kier alpha value is -1.82. The molecule has 106 valence electrons. The second kappa shape index (κ2) is 6.09. The lowest BCUT2D eigenvalue weighted by molar-refractivity contribution is 0.469. The fourth-order valence-electron chi connectivity index (χ4n) is 1.79. The standard InChI is InChI=1S/C14H16BrN3O2/c1-9(2)18-14(20)13(15)11(8-17-18)16-7-10-5-3-4-6-12(10)19/h3-6,8-9,16,19H,7H2,1-2H3. The molecular formula is C14H16BrN3O2. The molecule has 0 aliphatic heterocycles. The number of rotatable bonds is 4. The molecule has 2 rings (SSSR count). The average Bonchev–Trinajstić information content (AvgIpc) is 2.41. The highest BCUT2D eigenvalue weighted by atomic mass is 79.9. The van der Waals surface area contributed by atoms with Gasteiger partial charge in [-0.1, -0.05) is 18.2 Å². The molecule has 1 aromatic heterocycles. The van der Waals surface area contributed by atoms with E-state index in [4.69, 9.17) is 0 Å². The minimum absolute atomic E-state index is 0.00557. The van der Waals surface area contributed by atoms with Gasteiger partial charge in [0.1, 0.15) is 10.2 Å². The second-order valence-corrected chi connectivity index (χ2v) is 5.49. The lowest BCUT2D eigenvalue weighted by Gasteiger charge is -2.12. The maximum absolute atomic E-state index is 12.1. The van der Waals surface area contributed by atoms with Crippen molar-refractivity contribution in [2.45, 2.75) is 26.4 Å². The summed E-state index contributed by atoms with van der Waals surface area (Å²) < 4.78 is 1.85. The van der Waals surface area contributed by atoms with Gasteiger partial charge in [0.25, 0.3) is 5.56 Å². The minimum Gasteiger partial charge on any atom is -0.508 e. The predicted octanol–water partition coefficient (Wildman–Crippen LogP) is 2.90. The maximum Gasteiger partial charge on any atom is 0.283 e. The smallest absolute Gasteiger partial charge is 0.283 e. The van der Waals surface area contributed by atoms with Crippen LogP contribution in [0.25, 0.3) is 0 Å². The normalized spacial score (nSPS) is 10.8. The van der Waals surface area contributed by atoms with E-state index in [1.165, 1.54) is 4.68 Å². The third-order valence-corrected chi connectivity index (χ3v) is 3.66. The summed E-state index contributed by atoms with van der Waals surface area (Å²) in [6, 6.07) is 7.06. The molecule has 2 aromatic rings. The first-order chi connectivity index (χ1) is 9.50. The monoisotopic (exact) mass is 337 g/mol. The van der Waals surface area contributed by atoms with Gasteiger partial charge in [0.05, 0.1) is 17.9 Å². The summed E-state index contributed by atoms with van der Waals surface area (Å²) in [4.78, 5) is 12.1. The Bertz CT molecular complexity index is 668. The Morgan fingerprint density at radius 1 is 1.40 bits per heavy atom. The van der Waals surface area contributed by atoms with Gasteiger partial charge in [0.2, 0.25) is 0 Å². The number of nitrogens with one attached hydrogen (secondary N) is 1. The van der Waals surface area contributed by atoms with Crippen LogP contribution in [0.5, 0.6) is 5.75 Å². The maximum atomic E-state index is 12.1. The van der Waals surface area contributed by atoms with E-state index in [9.17, 15) is 9.90 Å². The van der Waals surface area contributed by atoms with Gasteiger partial charge in [0.15, 0.2) is 0 Å². The first-order valence-electron chi connectivity index (χ1n) is 6.28. The molecule has 0 atom stereocenters. The van der Waals surface area contributed by atoms with Crippen molar-refractivity contribution in [1.29, 1.82) is 0 Å². The molecule has 0 spiro atoms. The molecule has 20 heavy (non-hydrogen) atoms. The fourth-order valence-corrected chi connectivity index (χ4v) is 2.21. The Labute approximate surface area is 125 Å². The number of nitrogens with zero attached hydrogens (tertiary/aromatic N) is 2. The molecule has 5 nitrogen and oxygen atoms in total. The van der Waals surface area contributed by atoms with Crippen LogP contribution in [-0.4, -0.2) is 14.9 Å². The van der Waals surface area contributed by atoms with Crippen LogP contribution >= 0.6 is 15.9 Å². The first kappa shape index (κ1) is 14.6. The zero-order chi connectivity index (χ0) is 14.7. The molecule has 0 bridgehead atoms. The van der Waals surface area contributed by atoms with Crippen molar-refractivity contribution in [2.75, 3.05) is 5.32 Å². The summed E-state index contributed by atoms with van der Waals surface area (Å²) in [5.41, 5.74) is 1.19. The molecule has 0 fully saturated rings. The van der Waals surface area contributed by atoms with E-state index in [2.05, 4.69) is 26.3 Å². The van der Waals surface area contributed by atoms with E-state index in [0.717, 1.165) is 5.56 Å². The Morgan fingerprint density at radius 3 is 2.75 bits per heavy atom. The molecule has 0 radical (unpaired) electrons. The number of para-hydroxylation sites is 1. The molecule has 0 aliphatic carbocycles. The van der Waals surface area contributed by atoms with Crippen molar-refractivity contribution >= 4 is 21.6 Å². The molecule has 0 amide bonds. The molecule has 2 N–H and O–H groups in total. The summed E-state index contributed by atoms with van der Waals surface area (Å²) in [5.74, 6) is 0.222. The number of hydrogen-bond donors (Lipinski definition) is 2. The molecule has 1 heterocycles. The number of hydrogen-bond acceptors (Lipinski definition) is 4. The minimum atomic E-state index is -0.178. The lowest BCUT2D eigenvalue weighted by Crippen LogP contribution is -2.26. The zero-order valence-electron chi connectivity index (χ0n) is 11.3. The summed E-state index contributed by atoms with van der Waals surface area (Å²) in [6.07, 6.45) is 1.60. The van der Waals surface area contributed by atoms with E-state index in [1.807, 2.05) is 26.0 Å². The third-order valence-electron chi connectivity index (χ3n) is 2.89. The van der Waals surface area contributed by atoms with Crippen molar-refractivity contribution in [3.05, 3.63) is 50.9 Å². The van der Waals surface area contributed by atoms with E-state index < -0.39 is 0 Å². The van der Waals surface area contributed by atoms with Crippen LogP contribution in [0.15, 0.2) is 39.7 Å². The van der Waals surface area contributed by atoms with Gasteiger partial charge in [-0.3, -0.25) is 4.79 Å². The van der Waals surface area contributed by atoms with Crippen LogP contribution < -0.4 is 10.9 Å². The third kappa shape index (κ3) is 3.01. The lowest BCUT2D eigenvalue weighted by atomic mass is 10.2. The van der Waals surface area contributed by atoms with Gasteiger partial charge in [-0.15, -0.1) is 0 Å². The number of phenolic OH excluding ortho intramolecular Hbond substituents is 1. The Morgan fingerprint density at radius 2 is 2.10 bits per heavy atom. The summed E-state index contributed by atoms with van der Waals surface area (Å²) in [7, 11) is 0. The number of aromatic nitrogens is 2. The molecule has 0 aliphatic rings. The quantitative estimate of drug-likeness (QED) is 0.900. The predicted molar refractivity (Wildman–Crippen MR) is 82.0 cm³/mol. The van der Waals surface area contributed by atoms with E-state index in [0.29, 0.717) is 16.7 Å². The molecule has 6 heteroatoms. The van der Waals surface area contributed by atoms with Crippen molar-refractivity contribution in [2.24, 2.45) is 0 Å². The topological polar surface area (TPSA) is 67.2 Å². The van der Waals surface area contributed by atoms with Crippen LogP contribution in [0.4, 0.5) is 5.69 Å². The summed E-state index contributed by atoms with van der Waals surface area (Å²) in [5, 5.41) is 16.9. The molecule has 0 saturated carbocycles. The van der Waals surface area contributed by atoms with Crippen LogP contribution in [-0.2, 0) is 6.54 Å². The van der Waals surface area contributed by atoms with Crippen LogP contribution in [0.1, 0.15) is 25.5 Å². The Kier molecular flexibility index (Phi) is 4.44. The highest BCUT2D eigenvalue weighted by Gasteiger charge is 2.11. The fraction of sp³-hybridized carbons (Fsp3) is 0.286. The van der Waals surface area contributed by atoms with Crippen molar-refractivity contribution in [1.82, 2.24) is 9.78 Å². The van der Waals surface area contributed by atoms with Gasteiger partial charge < -0.3 is 10.4 Å². The van der Waals surface area contributed by atoms with Gasteiger partial charge in [0, 0.05) is 12.1 Å². The molecule has 0 saturated heterocycles. The van der Waals surface area contributed by atoms with Gasteiger partial charge in [-0.05, 0) is 35.8 Å².